The van der Waals surface area contributed by atoms with Gasteiger partial charge in [-0.05, 0) is 47.7 Å². The second-order valence-electron chi connectivity index (χ2n) is 13.2. The first-order valence-electron chi connectivity index (χ1n) is 17.2. The molecule has 4 aromatic carbocycles. The smallest absolute Gasteiger partial charge is 0.207 e. The number of anilines is 1. The number of para-hydroxylation sites is 3. The highest BCUT2D eigenvalue weighted by molar-refractivity contribution is 6.14. The van der Waals surface area contributed by atoms with E-state index in [0.29, 0.717) is 13.1 Å². The first-order chi connectivity index (χ1) is 24.1. The van der Waals surface area contributed by atoms with E-state index in [2.05, 4.69) is 181 Å². The van der Waals surface area contributed by atoms with Crippen molar-refractivity contribution in [3.05, 3.63) is 157 Å². The van der Waals surface area contributed by atoms with Gasteiger partial charge in [-0.2, -0.15) is 4.99 Å². The fourth-order valence-electron chi connectivity index (χ4n) is 7.41. The molecule has 2 heterocycles. The van der Waals surface area contributed by atoms with Gasteiger partial charge in [0.25, 0.3) is 0 Å². The van der Waals surface area contributed by atoms with E-state index in [0.717, 1.165) is 29.6 Å². The Morgan fingerprint density at radius 1 is 0.796 bits per heavy atom. The van der Waals surface area contributed by atoms with Crippen molar-refractivity contribution in [3.63, 3.8) is 0 Å². The predicted molar refractivity (Wildman–Crippen MR) is 208 cm³/mol. The Labute approximate surface area is 288 Å². The zero-order valence-electron chi connectivity index (χ0n) is 28.4. The first kappa shape index (κ1) is 30.6. The molecule has 0 saturated carbocycles. The van der Waals surface area contributed by atoms with Crippen LogP contribution in [0.4, 0.5) is 5.69 Å². The number of fused-ring (bicyclic) bond motifs is 7. The molecule has 0 bridgehead atoms. The zero-order chi connectivity index (χ0) is 33.3. The largest absolute Gasteiger partial charge is 0.348 e. The van der Waals surface area contributed by atoms with E-state index in [-0.39, 0.29) is 11.8 Å². The third-order valence-corrected chi connectivity index (χ3v) is 9.82. The fraction of sp³-hybridized carbons (Fsp3) is 0.182. The van der Waals surface area contributed by atoms with Crippen molar-refractivity contribution < 1.29 is 0 Å². The van der Waals surface area contributed by atoms with E-state index in [1.807, 2.05) is 0 Å². The van der Waals surface area contributed by atoms with Crippen molar-refractivity contribution >= 4 is 39.3 Å². The lowest BCUT2D eigenvalue weighted by Gasteiger charge is -2.36. The number of allylic oxidation sites excluding steroid dienone is 7. The van der Waals surface area contributed by atoms with Crippen LogP contribution >= 0.6 is 0 Å². The molecule has 2 unspecified atom stereocenters. The minimum Gasteiger partial charge on any atom is -0.348 e. The Morgan fingerprint density at radius 2 is 1.59 bits per heavy atom. The number of hydrogen-bond donors (Lipinski definition) is 0. The monoisotopic (exact) mass is 639 g/mol. The summed E-state index contributed by atoms with van der Waals surface area (Å²) in [5.41, 5.74) is 9.73. The van der Waals surface area contributed by atoms with Gasteiger partial charge in [-0.25, -0.2) is 0 Å². The van der Waals surface area contributed by atoms with Gasteiger partial charge in [0, 0.05) is 47.6 Å². The summed E-state index contributed by atoms with van der Waals surface area (Å²) in [6.45, 7) is 3.52. The van der Waals surface area contributed by atoms with Gasteiger partial charge in [-0.15, -0.1) is 0 Å². The van der Waals surface area contributed by atoms with Crippen LogP contribution in [0.5, 0.6) is 0 Å². The molecule has 0 spiro atoms. The van der Waals surface area contributed by atoms with Crippen LogP contribution in [-0.4, -0.2) is 41.9 Å². The lowest BCUT2D eigenvalue weighted by molar-refractivity contribution is 0.595. The fourth-order valence-corrected chi connectivity index (χ4v) is 7.41. The number of hydrogen-bond acceptors (Lipinski definition) is 1. The van der Waals surface area contributed by atoms with E-state index in [9.17, 15) is 0 Å². The van der Waals surface area contributed by atoms with E-state index >= 15 is 0 Å². The number of aromatic nitrogens is 1. The standard InChI is InChI=1S/C44H41N5/c1-31-17-11-12-22-34(31)43(45-29-32-18-7-4-5-8-19-32)46-44(47(2)3)48-30-39-35(36-23-13-15-25-40(36)48)27-28-38-37-24-14-16-26-41(37)49(42(38)39)33-20-9-6-10-21-33/h4-7,9-28,31,34H,8,29-30H2,1-3H3. The van der Waals surface area contributed by atoms with Crippen molar-refractivity contribution in [2.45, 2.75) is 19.9 Å². The number of aliphatic imine (C=N–C) groups is 2. The maximum absolute atomic E-state index is 5.52. The molecule has 1 aromatic heterocycles. The average molecular weight is 640 g/mol. The molecule has 0 saturated heterocycles. The third-order valence-electron chi connectivity index (χ3n) is 9.82. The van der Waals surface area contributed by atoms with Crippen LogP contribution in [0, 0.1) is 11.8 Å². The summed E-state index contributed by atoms with van der Waals surface area (Å²) in [6.07, 6.45) is 20.5. The predicted octanol–water partition coefficient (Wildman–Crippen LogP) is 9.91. The maximum atomic E-state index is 5.52. The van der Waals surface area contributed by atoms with Gasteiger partial charge in [0.05, 0.1) is 29.8 Å². The maximum Gasteiger partial charge on any atom is 0.207 e. The van der Waals surface area contributed by atoms with Crippen LogP contribution in [0.25, 0.3) is 38.6 Å². The Bertz CT molecular complexity index is 2260. The highest BCUT2D eigenvalue weighted by Gasteiger charge is 2.31. The molecule has 1 aliphatic heterocycles. The summed E-state index contributed by atoms with van der Waals surface area (Å²) in [5.74, 6) is 2.08. The summed E-state index contributed by atoms with van der Waals surface area (Å²) in [5, 5.41) is 2.52. The quantitative estimate of drug-likeness (QED) is 0.145. The van der Waals surface area contributed by atoms with Crippen molar-refractivity contribution in [2.24, 2.45) is 21.8 Å². The number of rotatable bonds is 4. The van der Waals surface area contributed by atoms with Gasteiger partial charge in [0.2, 0.25) is 5.96 Å². The molecule has 5 nitrogen and oxygen atoms in total. The third kappa shape index (κ3) is 5.65. The molecule has 8 rings (SSSR count). The Morgan fingerprint density at radius 3 is 2.45 bits per heavy atom. The lowest BCUT2D eigenvalue weighted by atomic mass is 9.89. The van der Waals surface area contributed by atoms with Crippen LogP contribution in [0.15, 0.2) is 161 Å². The summed E-state index contributed by atoms with van der Waals surface area (Å²) in [6, 6.07) is 32.9. The topological polar surface area (TPSA) is 36.1 Å². The molecule has 5 aromatic rings. The molecule has 242 valence electrons. The van der Waals surface area contributed by atoms with E-state index in [4.69, 9.17) is 9.98 Å². The highest BCUT2D eigenvalue weighted by atomic mass is 15.4. The molecule has 3 aliphatic rings. The normalized spacial score (nSPS) is 18.8. The molecular formula is C44H41N5. The van der Waals surface area contributed by atoms with Crippen LogP contribution in [-0.2, 0) is 6.54 Å². The SMILES string of the molecule is CC1C=CC=CC1C(=NCC1=CCC=CC=C1)N=C(N(C)C)N1Cc2c(ccc3c4ccccc4n(-c4ccccc4)c23)-c2ccccc21. The second-order valence-corrected chi connectivity index (χ2v) is 13.2. The number of benzene rings is 4. The molecule has 0 N–H and O–H groups in total. The first-order valence-corrected chi connectivity index (χ1v) is 17.2. The molecular weight excluding hydrogens is 599 g/mol. The Kier molecular flexibility index (Phi) is 8.18. The Hall–Kier alpha value is -5.68. The number of amidine groups is 1. The van der Waals surface area contributed by atoms with Crippen LogP contribution in [0.2, 0.25) is 0 Å². The summed E-state index contributed by atoms with van der Waals surface area (Å²) in [7, 11) is 4.19. The molecule has 0 radical (unpaired) electrons. The van der Waals surface area contributed by atoms with E-state index < -0.39 is 0 Å². The minimum absolute atomic E-state index is 0.0769. The minimum atomic E-state index is 0.0769. The van der Waals surface area contributed by atoms with Gasteiger partial charge in [-0.3, -0.25) is 4.99 Å². The van der Waals surface area contributed by atoms with Crippen LogP contribution in [0.1, 0.15) is 18.9 Å². The van der Waals surface area contributed by atoms with E-state index in [1.54, 1.807) is 0 Å². The average Bonchev–Trinajstić information content (AvgIpc) is 3.25. The van der Waals surface area contributed by atoms with E-state index in [1.165, 1.54) is 44.1 Å². The second kappa shape index (κ2) is 13.1. The summed E-state index contributed by atoms with van der Waals surface area (Å²) in [4.78, 5) is 15.3. The van der Waals surface area contributed by atoms with Crippen molar-refractivity contribution in [2.75, 3.05) is 25.5 Å². The molecule has 2 atom stereocenters. The molecule has 5 heteroatoms. The zero-order valence-corrected chi connectivity index (χ0v) is 28.4. The van der Waals surface area contributed by atoms with Crippen molar-refractivity contribution in [3.8, 4) is 16.8 Å². The molecule has 0 fully saturated rings. The van der Waals surface area contributed by atoms with Crippen molar-refractivity contribution in [1.82, 2.24) is 9.47 Å². The Balaban J connectivity index is 1.32. The van der Waals surface area contributed by atoms with Gasteiger partial charge in [-0.1, -0.05) is 128 Å². The van der Waals surface area contributed by atoms with Gasteiger partial charge in [0.15, 0.2) is 0 Å². The summed E-state index contributed by atoms with van der Waals surface area (Å²) >= 11 is 0. The van der Waals surface area contributed by atoms with Gasteiger partial charge in [0.1, 0.15) is 5.84 Å². The van der Waals surface area contributed by atoms with Crippen molar-refractivity contribution in [1.29, 1.82) is 0 Å². The lowest BCUT2D eigenvalue weighted by Crippen LogP contribution is -2.43. The summed E-state index contributed by atoms with van der Waals surface area (Å²) < 4.78 is 2.44. The molecule has 2 aliphatic carbocycles. The van der Waals surface area contributed by atoms with Crippen LogP contribution in [0.3, 0.4) is 0 Å². The number of guanidine groups is 1. The van der Waals surface area contributed by atoms with Gasteiger partial charge < -0.3 is 14.4 Å². The van der Waals surface area contributed by atoms with Crippen LogP contribution < -0.4 is 4.90 Å². The number of nitrogens with zero attached hydrogens (tertiary/aromatic N) is 5. The highest BCUT2D eigenvalue weighted by Crippen LogP contribution is 2.45. The molecule has 0 amide bonds. The molecule has 49 heavy (non-hydrogen) atoms. The van der Waals surface area contributed by atoms with Gasteiger partial charge >= 0.3 is 0 Å².